The first kappa shape index (κ1) is 5.39. The van der Waals surface area contributed by atoms with Crippen LogP contribution >= 0.6 is 22.6 Å². The molecule has 1 heteroatoms. The van der Waals surface area contributed by atoms with Crippen molar-refractivity contribution in [3.63, 3.8) is 0 Å². The smallest absolute Gasteiger partial charge is 0.0172 e. The van der Waals surface area contributed by atoms with Crippen LogP contribution in [0.15, 0.2) is 0 Å². The first-order chi connectivity index (χ1) is 4.36. The van der Waals surface area contributed by atoms with Crippen molar-refractivity contribution in [3.8, 4) is 0 Å². The van der Waals surface area contributed by atoms with Crippen LogP contribution in [-0.4, -0.2) is 3.92 Å². The third-order valence-corrected chi connectivity index (χ3v) is 5.74. The monoisotopic (exact) mass is 234 g/mol. The predicted octanol–water partition coefficient (Wildman–Crippen LogP) is 2.61. The van der Waals surface area contributed by atoms with Gasteiger partial charge in [0.1, 0.15) is 0 Å². The van der Waals surface area contributed by atoms with Crippen molar-refractivity contribution >= 4 is 22.6 Å². The van der Waals surface area contributed by atoms with Crippen molar-refractivity contribution in [1.29, 1.82) is 0 Å². The second-order valence-corrected chi connectivity index (χ2v) is 5.41. The van der Waals surface area contributed by atoms with Crippen molar-refractivity contribution < 1.29 is 0 Å². The minimum atomic E-state index is 0.945. The summed E-state index contributed by atoms with van der Waals surface area (Å²) in [7, 11) is 0. The van der Waals surface area contributed by atoms with E-state index in [1.807, 2.05) is 0 Å². The molecular weight excluding hydrogens is 223 g/mol. The Kier molecular flexibility index (Phi) is 0.802. The van der Waals surface area contributed by atoms with Gasteiger partial charge in [-0.3, -0.25) is 0 Å². The van der Waals surface area contributed by atoms with Crippen LogP contribution in [0.4, 0.5) is 0 Å². The topological polar surface area (TPSA) is 0 Å². The standard InChI is InChI=1S/C8H11I/c9-7-2-1-5-6-3-4-8(5,6)7/h5-7H,1-4H2. The zero-order valence-electron chi connectivity index (χ0n) is 5.44. The van der Waals surface area contributed by atoms with Crippen molar-refractivity contribution in [2.75, 3.05) is 0 Å². The molecule has 0 amide bonds. The molecule has 0 aromatic heterocycles. The fourth-order valence-electron chi connectivity index (χ4n) is 3.35. The maximum atomic E-state index is 2.68. The Labute approximate surface area is 69.5 Å². The first-order valence-electron chi connectivity index (χ1n) is 4.00. The van der Waals surface area contributed by atoms with Gasteiger partial charge < -0.3 is 0 Å². The molecule has 3 rings (SSSR count). The van der Waals surface area contributed by atoms with Gasteiger partial charge in [-0.25, -0.2) is 0 Å². The number of rotatable bonds is 0. The molecule has 0 saturated heterocycles. The van der Waals surface area contributed by atoms with E-state index in [-0.39, 0.29) is 0 Å². The second-order valence-electron chi connectivity index (χ2n) is 3.91. The van der Waals surface area contributed by atoms with Gasteiger partial charge in [-0.1, -0.05) is 22.6 Å². The number of hydrogen-bond donors (Lipinski definition) is 0. The lowest BCUT2D eigenvalue weighted by Crippen LogP contribution is -2.23. The van der Waals surface area contributed by atoms with Crippen LogP contribution in [0.1, 0.15) is 25.7 Å². The maximum Gasteiger partial charge on any atom is 0.0172 e. The molecule has 0 nitrogen and oxygen atoms in total. The summed E-state index contributed by atoms with van der Waals surface area (Å²) < 4.78 is 1.07. The maximum absolute atomic E-state index is 2.68. The summed E-state index contributed by atoms with van der Waals surface area (Å²) in [5.41, 5.74) is 0.945. The van der Waals surface area contributed by atoms with E-state index in [9.17, 15) is 0 Å². The molecule has 0 aromatic carbocycles. The minimum Gasteiger partial charge on any atom is -0.0820 e. The van der Waals surface area contributed by atoms with Gasteiger partial charge in [0.25, 0.3) is 0 Å². The third kappa shape index (κ3) is 0.393. The van der Waals surface area contributed by atoms with E-state index >= 15 is 0 Å². The molecule has 0 bridgehead atoms. The fourth-order valence-corrected chi connectivity index (χ4v) is 4.94. The van der Waals surface area contributed by atoms with Crippen molar-refractivity contribution in [1.82, 2.24) is 0 Å². The Morgan fingerprint density at radius 1 is 1.11 bits per heavy atom. The number of halogens is 1. The van der Waals surface area contributed by atoms with Crippen LogP contribution in [0.3, 0.4) is 0 Å². The molecular formula is C8H11I. The highest BCUT2D eigenvalue weighted by molar-refractivity contribution is 14.1. The number of hydrogen-bond acceptors (Lipinski definition) is 0. The highest BCUT2D eigenvalue weighted by Crippen LogP contribution is 2.80. The Balaban J connectivity index is 1.99. The van der Waals surface area contributed by atoms with Gasteiger partial charge in [-0.05, 0) is 42.9 Å². The van der Waals surface area contributed by atoms with E-state index in [0.29, 0.717) is 0 Å². The van der Waals surface area contributed by atoms with Gasteiger partial charge in [0.05, 0.1) is 0 Å². The van der Waals surface area contributed by atoms with Crippen LogP contribution in [0.5, 0.6) is 0 Å². The van der Waals surface area contributed by atoms with Gasteiger partial charge in [0.2, 0.25) is 0 Å². The Morgan fingerprint density at radius 2 is 1.89 bits per heavy atom. The summed E-state index contributed by atoms with van der Waals surface area (Å²) >= 11 is 2.68. The average Bonchev–Trinajstić information content (AvgIpc) is 2.16. The summed E-state index contributed by atoms with van der Waals surface area (Å²) in [6.45, 7) is 0. The molecule has 9 heavy (non-hydrogen) atoms. The Morgan fingerprint density at radius 3 is 2.22 bits per heavy atom. The largest absolute Gasteiger partial charge is 0.0820 e. The van der Waals surface area contributed by atoms with Crippen LogP contribution in [-0.2, 0) is 0 Å². The number of alkyl halides is 1. The Bertz CT molecular complexity index is 162. The van der Waals surface area contributed by atoms with Crippen LogP contribution in [0, 0.1) is 17.3 Å². The quantitative estimate of drug-likeness (QED) is 0.446. The van der Waals surface area contributed by atoms with Crippen LogP contribution in [0.2, 0.25) is 0 Å². The second kappa shape index (κ2) is 1.34. The number of fused-ring (bicyclic) bond motifs is 1. The van der Waals surface area contributed by atoms with Gasteiger partial charge in [0, 0.05) is 3.92 Å². The zero-order chi connectivity index (χ0) is 6.06. The highest BCUT2D eigenvalue weighted by Gasteiger charge is 2.74. The summed E-state index contributed by atoms with van der Waals surface area (Å²) in [6.07, 6.45) is 6.25. The van der Waals surface area contributed by atoms with Crippen LogP contribution in [0.25, 0.3) is 0 Å². The van der Waals surface area contributed by atoms with Gasteiger partial charge in [-0.2, -0.15) is 0 Å². The molecule has 0 N–H and O–H groups in total. The lowest BCUT2D eigenvalue weighted by atomic mass is 9.82. The molecule has 0 aromatic rings. The lowest BCUT2D eigenvalue weighted by molar-refractivity contribution is 0.296. The van der Waals surface area contributed by atoms with Gasteiger partial charge in [-0.15, -0.1) is 0 Å². The molecule has 4 atom stereocenters. The van der Waals surface area contributed by atoms with E-state index in [4.69, 9.17) is 0 Å². The highest BCUT2D eigenvalue weighted by atomic mass is 127. The lowest BCUT2D eigenvalue weighted by Gasteiger charge is -2.28. The van der Waals surface area contributed by atoms with E-state index < -0.39 is 0 Å². The molecule has 50 valence electrons. The molecule has 3 aliphatic rings. The van der Waals surface area contributed by atoms with E-state index in [1.165, 1.54) is 18.3 Å². The third-order valence-electron chi connectivity index (χ3n) is 3.96. The van der Waals surface area contributed by atoms with Gasteiger partial charge >= 0.3 is 0 Å². The van der Waals surface area contributed by atoms with E-state index in [2.05, 4.69) is 22.6 Å². The SMILES string of the molecule is IC1CCC2C3CCC123. The minimum absolute atomic E-state index is 0.945. The summed E-state index contributed by atoms with van der Waals surface area (Å²) in [5, 5.41) is 0. The fraction of sp³-hybridized carbons (Fsp3) is 1.00. The summed E-state index contributed by atoms with van der Waals surface area (Å²) in [4.78, 5) is 0. The van der Waals surface area contributed by atoms with Crippen LogP contribution < -0.4 is 0 Å². The van der Waals surface area contributed by atoms with Crippen molar-refractivity contribution in [2.24, 2.45) is 17.3 Å². The molecule has 1 spiro atoms. The van der Waals surface area contributed by atoms with Gasteiger partial charge in [0.15, 0.2) is 0 Å². The van der Waals surface area contributed by atoms with E-state index in [0.717, 1.165) is 9.34 Å². The molecule has 3 aliphatic carbocycles. The summed E-state index contributed by atoms with van der Waals surface area (Å²) in [6, 6.07) is 0. The Hall–Kier alpha value is 0.730. The normalized spacial score (nSPS) is 68.3. The van der Waals surface area contributed by atoms with Crippen molar-refractivity contribution in [2.45, 2.75) is 29.6 Å². The zero-order valence-corrected chi connectivity index (χ0v) is 7.60. The molecule has 4 unspecified atom stereocenters. The molecule has 0 aliphatic heterocycles. The average molecular weight is 234 g/mol. The molecule has 3 saturated carbocycles. The summed E-state index contributed by atoms with van der Waals surface area (Å²) in [5.74, 6) is 2.42. The predicted molar refractivity (Wildman–Crippen MR) is 45.7 cm³/mol. The van der Waals surface area contributed by atoms with Crippen molar-refractivity contribution in [3.05, 3.63) is 0 Å². The molecule has 0 heterocycles. The first-order valence-corrected chi connectivity index (χ1v) is 5.24. The molecule has 3 fully saturated rings. The molecule has 0 radical (unpaired) electrons. The van der Waals surface area contributed by atoms with E-state index in [1.54, 1.807) is 19.3 Å².